The molecule has 24 heavy (non-hydrogen) atoms. The van der Waals surface area contributed by atoms with Crippen LogP contribution in [-0.2, 0) is 9.59 Å². The minimum Gasteiger partial charge on any atom is -0.344 e. The molecule has 2 aliphatic rings. The highest BCUT2D eigenvalue weighted by molar-refractivity contribution is 5.94. The number of rotatable bonds is 2. The number of carbonyl (C=O) groups excluding carboxylic acids is 3. The molecular formula is C17H20FN3O3. The smallest absolute Gasteiger partial charge is 0.254 e. The van der Waals surface area contributed by atoms with E-state index in [0.29, 0.717) is 51.0 Å². The highest BCUT2D eigenvalue weighted by Gasteiger charge is 2.32. The van der Waals surface area contributed by atoms with Gasteiger partial charge in [0.15, 0.2) is 0 Å². The van der Waals surface area contributed by atoms with Crippen molar-refractivity contribution in [3.05, 3.63) is 35.6 Å². The van der Waals surface area contributed by atoms with E-state index in [1.165, 1.54) is 18.2 Å². The van der Waals surface area contributed by atoms with Crippen LogP contribution in [0.5, 0.6) is 0 Å². The zero-order valence-electron chi connectivity index (χ0n) is 13.3. The van der Waals surface area contributed by atoms with E-state index in [1.807, 2.05) is 0 Å². The second-order valence-corrected chi connectivity index (χ2v) is 6.14. The third-order valence-corrected chi connectivity index (χ3v) is 4.46. The van der Waals surface area contributed by atoms with Gasteiger partial charge in [0.25, 0.3) is 5.91 Å². The molecule has 2 saturated heterocycles. The summed E-state index contributed by atoms with van der Waals surface area (Å²) in [5.74, 6) is -0.839. The SMILES string of the molecule is O=C1CCC(C(=O)N2CCCN(C(=O)c3cccc(F)c3)CC2)N1. The van der Waals surface area contributed by atoms with Gasteiger partial charge in [-0.15, -0.1) is 0 Å². The molecule has 1 aromatic rings. The third kappa shape index (κ3) is 3.55. The Bertz CT molecular complexity index is 664. The average Bonchev–Trinajstić information content (AvgIpc) is 2.86. The van der Waals surface area contributed by atoms with Crippen LogP contribution in [0.4, 0.5) is 4.39 Å². The predicted octanol–water partition coefficient (Wildman–Crippen LogP) is 0.779. The predicted molar refractivity (Wildman–Crippen MR) is 84.7 cm³/mol. The van der Waals surface area contributed by atoms with Gasteiger partial charge in [-0.1, -0.05) is 6.07 Å². The van der Waals surface area contributed by atoms with Crippen molar-refractivity contribution in [2.45, 2.75) is 25.3 Å². The molecule has 1 unspecified atom stereocenters. The van der Waals surface area contributed by atoms with Crippen molar-refractivity contribution in [2.75, 3.05) is 26.2 Å². The zero-order chi connectivity index (χ0) is 17.1. The first-order chi connectivity index (χ1) is 11.5. The molecule has 2 aliphatic heterocycles. The Morgan fingerprint density at radius 1 is 1.12 bits per heavy atom. The quantitative estimate of drug-likeness (QED) is 0.869. The van der Waals surface area contributed by atoms with Crippen molar-refractivity contribution in [1.82, 2.24) is 15.1 Å². The molecule has 1 N–H and O–H groups in total. The van der Waals surface area contributed by atoms with Crippen molar-refractivity contribution < 1.29 is 18.8 Å². The summed E-state index contributed by atoms with van der Waals surface area (Å²) in [4.78, 5) is 39.5. The van der Waals surface area contributed by atoms with Crippen LogP contribution < -0.4 is 5.32 Å². The Morgan fingerprint density at radius 3 is 2.58 bits per heavy atom. The van der Waals surface area contributed by atoms with Crippen LogP contribution in [0.15, 0.2) is 24.3 Å². The number of amides is 3. The van der Waals surface area contributed by atoms with Crippen LogP contribution in [0.3, 0.4) is 0 Å². The van der Waals surface area contributed by atoms with Gasteiger partial charge in [0.05, 0.1) is 0 Å². The van der Waals surface area contributed by atoms with Crippen LogP contribution in [0.25, 0.3) is 0 Å². The summed E-state index contributed by atoms with van der Waals surface area (Å²) >= 11 is 0. The number of nitrogens with one attached hydrogen (secondary N) is 1. The number of hydrogen-bond donors (Lipinski definition) is 1. The molecule has 2 fully saturated rings. The molecule has 0 saturated carbocycles. The normalized spacial score (nSPS) is 21.4. The fraction of sp³-hybridized carbons (Fsp3) is 0.471. The van der Waals surface area contributed by atoms with Gasteiger partial charge in [0.1, 0.15) is 11.9 Å². The van der Waals surface area contributed by atoms with E-state index in [2.05, 4.69) is 5.32 Å². The van der Waals surface area contributed by atoms with Crippen LogP contribution in [0.1, 0.15) is 29.6 Å². The minimum absolute atomic E-state index is 0.0825. The summed E-state index contributed by atoms with van der Waals surface area (Å²) in [5, 5.41) is 2.69. The second kappa shape index (κ2) is 6.98. The minimum atomic E-state index is -0.442. The molecule has 2 heterocycles. The van der Waals surface area contributed by atoms with Gasteiger partial charge in [-0.2, -0.15) is 0 Å². The first kappa shape index (κ1) is 16.4. The molecule has 0 aliphatic carbocycles. The van der Waals surface area contributed by atoms with Gasteiger partial charge in [-0.05, 0) is 31.0 Å². The van der Waals surface area contributed by atoms with Crippen molar-refractivity contribution in [1.29, 1.82) is 0 Å². The van der Waals surface area contributed by atoms with E-state index in [9.17, 15) is 18.8 Å². The largest absolute Gasteiger partial charge is 0.344 e. The lowest BCUT2D eigenvalue weighted by Gasteiger charge is -2.24. The molecule has 3 rings (SSSR count). The highest BCUT2D eigenvalue weighted by atomic mass is 19.1. The molecule has 1 atom stereocenters. The maximum absolute atomic E-state index is 13.3. The Hall–Kier alpha value is -2.44. The third-order valence-electron chi connectivity index (χ3n) is 4.46. The van der Waals surface area contributed by atoms with E-state index in [0.717, 1.165) is 0 Å². The van der Waals surface area contributed by atoms with Gasteiger partial charge in [-0.25, -0.2) is 4.39 Å². The highest BCUT2D eigenvalue weighted by Crippen LogP contribution is 2.14. The van der Waals surface area contributed by atoms with E-state index in [1.54, 1.807) is 15.9 Å². The fourth-order valence-corrected chi connectivity index (χ4v) is 3.16. The lowest BCUT2D eigenvalue weighted by atomic mass is 10.2. The summed E-state index contributed by atoms with van der Waals surface area (Å²) < 4.78 is 13.3. The number of halogens is 1. The molecule has 3 amide bonds. The molecule has 1 aromatic carbocycles. The summed E-state index contributed by atoms with van der Waals surface area (Å²) in [6, 6.07) is 5.19. The maximum Gasteiger partial charge on any atom is 0.254 e. The Kier molecular flexibility index (Phi) is 4.78. The Balaban J connectivity index is 1.61. The average molecular weight is 333 g/mol. The number of hydrogen-bond acceptors (Lipinski definition) is 3. The van der Waals surface area contributed by atoms with Gasteiger partial charge in [-0.3, -0.25) is 14.4 Å². The first-order valence-corrected chi connectivity index (χ1v) is 8.17. The van der Waals surface area contributed by atoms with E-state index < -0.39 is 11.9 Å². The van der Waals surface area contributed by atoms with Crippen LogP contribution in [0.2, 0.25) is 0 Å². The lowest BCUT2D eigenvalue weighted by molar-refractivity contribution is -0.134. The monoisotopic (exact) mass is 333 g/mol. The van der Waals surface area contributed by atoms with Crippen molar-refractivity contribution in [2.24, 2.45) is 0 Å². The van der Waals surface area contributed by atoms with Crippen molar-refractivity contribution in [3.63, 3.8) is 0 Å². The maximum atomic E-state index is 13.3. The second-order valence-electron chi connectivity index (χ2n) is 6.14. The van der Waals surface area contributed by atoms with E-state index >= 15 is 0 Å². The van der Waals surface area contributed by atoms with Crippen LogP contribution in [-0.4, -0.2) is 59.7 Å². The molecule has 128 valence electrons. The van der Waals surface area contributed by atoms with Gasteiger partial charge >= 0.3 is 0 Å². The molecule has 7 heteroatoms. The number of carbonyl (C=O) groups is 3. The molecule has 6 nitrogen and oxygen atoms in total. The Morgan fingerprint density at radius 2 is 1.88 bits per heavy atom. The number of benzene rings is 1. The van der Waals surface area contributed by atoms with E-state index in [4.69, 9.17) is 0 Å². The topological polar surface area (TPSA) is 69.7 Å². The molecule has 0 spiro atoms. The number of nitrogens with zero attached hydrogens (tertiary/aromatic N) is 2. The fourth-order valence-electron chi connectivity index (χ4n) is 3.16. The van der Waals surface area contributed by atoms with Gasteiger partial charge in [0, 0.05) is 38.2 Å². The summed E-state index contributed by atoms with van der Waals surface area (Å²) in [6.45, 7) is 1.91. The van der Waals surface area contributed by atoms with Crippen LogP contribution >= 0.6 is 0 Å². The Labute approximate surface area is 139 Å². The summed E-state index contributed by atoms with van der Waals surface area (Å²) in [6.07, 6.45) is 1.57. The standard InChI is InChI=1S/C17H20FN3O3/c18-13-4-1-3-12(11-13)16(23)20-7-2-8-21(10-9-20)17(24)14-5-6-15(22)19-14/h1,3-4,11,14H,2,5-10H2,(H,19,22). The molecule has 0 bridgehead atoms. The first-order valence-electron chi connectivity index (χ1n) is 8.17. The summed E-state index contributed by atoms with van der Waals surface area (Å²) in [7, 11) is 0. The lowest BCUT2D eigenvalue weighted by Crippen LogP contribution is -2.46. The van der Waals surface area contributed by atoms with Gasteiger partial charge in [0.2, 0.25) is 11.8 Å². The van der Waals surface area contributed by atoms with Gasteiger partial charge < -0.3 is 15.1 Å². The van der Waals surface area contributed by atoms with Crippen molar-refractivity contribution in [3.8, 4) is 0 Å². The molecular weight excluding hydrogens is 313 g/mol. The molecule has 0 aromatic heterocycles. The van der Waals surface area contributed by atoms with Crippen molar-refractivity contribution >= 4 is 17.7 Å². The molecule has 0 radical (unpaired) electrons. The zero-order valence-corrected chi connectivity index (χ0v) is 13.3. The summed E-state index contributed by atoms with van der Waals surface area (Å²) in [5.41, 5.74) is 0.317. The van der Waals surface area contributed by atoms with E-state index in [-0.39, 0.29) is 17.7 Å². The van der Waals surface area contributed by atoms with Crippen LogP contribution in [0, 0.1) is 5.82 Å².